The zero-order valence-corrected chi connectivity index (χ0v) is 19.9. The number of fused-ring (bicyclic) bond motifs is 2. The van der Waals surface area contributed by atoms with Gasteiger partial charge in [0, 0.05) is 46.2 Å². The molecule has 0 spiro atoms. The number of rotatable bonds is 6. The van der Waals surface area contributed by atoms with Crippen LogP contribution in [0.25, 0.3) is 10.9 Å². The van der Waals surface area contributed by atoms with Gasteiger partial charge in [0.05, 0.1) is 16.1 Å². The summed E-state index contributed by atoms with van der Waals surface area (Å²) in [6.07, 6.45) is 0.974. The van der Waals surface area contributed by atoms with Crippen molar-refractivity contribution in [1.29, 1.82) is 0 Å². The molecule has 5 rings (SSSR count). The molecule has 1 aromatic heterocycles. The zero-order chi connectivity index (χ0) is 24.0. The van der Waals surface area contributed by atoms with Gasteiger partial charge in [0.25, 0.3) is 0 Å². The summed E-state index contributed by atoms with van der Waals surface area (Å²) in [7, 11) is 0. The molecule has 9 heteroatoms. The SMILES string of the molecule is Cc1c(Sc2cccc(C(=O)O)c2F)c2ccc(Cl)c(F)c2n1CCN1CCc2ccccc21.[NaH]. The van der Waals surface area contributed by atoms with E-state index in [1.807, 2.05) is 23.6 Å². The summed E-state index contributed by atoms with van der Waals surface area (Å²) in [4.78, 5) is 14.5. The van der Waals surface area contributed by atoms with Gasteiger partial charge < -0.3 is 14.6 Å². The average Bonchev–Trinajstić information content (AvgIpc) is 3.35. The van der Waals surface area contributed by atoms with E-state index in [4.69, 9.17) is 11.6 Å². The summed E-state index contributed by atoms with van der Waals surface area (Å²) >= 11 is 7.23. The number of anilines is 1. The third kappa shape index (κ3) is 4.72. The molecule has 0 unspecified atom stereocenters. The Kier molecular flexibility index (Phi) is 7.83. The van der Waals surface area contributed by atoms with Crippen molar-refractivity contribution in [2.75, 3.05) is 18.0 Å². The van der Waals surface area contributed by atoms with Crippen LogP contribution in [0.1, 0.15) is 21.6 Å². The van der Waals surface area contributed by atoms with E-state index in [0.29, 0.717) is 28.9 Å². The maximum atomic E-state index is 15.3. The standard InChI is InChI=1S/C26H21ClF2N2O2S.Na.H/c1-15-25(34-21-8-4-6-17(22(21)28)26(32)33)18-9-10-19(27)23(29)24(18)31(15)14-13-30-12-11-16-5-2-3-7-20(16)30;;/h2-10H,11-14H2,1H3,(H,32,33);;. The summed E-state index contributed by atoms with van der Waals surface area (Å²) in [6.45, 7) is 3.97. The van der Waals surface area contributed by atoms with Gasteiger partial charge in [0.15, 0.2) is 11.6 Å². The Morgan fingerprint density at radius 3 is 2.60 bits per heavy atom. The molecule has 35 heavy (non-hydrogen) atoms. The number of hydrogen-bond donors (Lipinski definition) is 1. The Hall–Kier alpha value is -2.03. The van der Waals surface area contributed by atoms with Crippen LogP contribution in [0.2, 0.25) is 5.02 Å². The molecule has 4 nitrogen and oxygen atoms in total. The van der Waals surface area contributed by atoms with Crippen LogP contribution in [0.15, 0.2) is 64.4 Å². The average molecular weight is 523 g/mol. The van der Waals surface area contributed by atoms with Crippen molar-refractivity contribution >= 4 is 75.5 Å². The molecular weight excluding hydrogens is 501 g/mol. The third-order valence-corrected chi connectivity index (χ3v) is 7.85. The summed E-state index contributed by atoms with van der Waals surface area (Å²) < 4.78 is 32.0. The fourth-order valence-corrected chi connectivity index (χ4v) is 5.86. The van der Waals surface area contributed by atoms with Gasteiger partial charge in [0.1, 0.15) is 0 Å². The quantitative estimate of drug-likeness (QED) is 0.309. The first-order valence-electron chi connectivity index (χ1n) is 10.9. The van der Waals surface area contributed by atoms with Crippen LogP contribution in [0.5, 0.6) is 0 Å². The summed E-state index contributed by atoms with van der Waals surface area (Å²) in [5, 5.41) is 9.91. The summed E-state index contributed by atoms with van der Waals surface area (Å²) in [6, 6.07) is 15.8. The summed E-state index contributed by atoms with van der Waals surface area (Å²) in [5.41, 5.74) is 3.24. The maximum absolute atomic E-state index is 15.3. The molecule has 1 aliphatic heterocycles. The fraction of sp³-hybridized carbons (Fsp3) is 0.192. The van der Waals surface area contributed by atoms with Gasteiger partial charge in [-0.15, -0.1) is 0 Å². The van der Waals surface area contributed by atoms with E-state index in [1.54, 1.807) is 6.07 Å². The molecule has 0 amide bonds. The van der Waals surface area contributed by atoms with Crippen LogP contribution in [0, 0.1) is 18.6 Å². The molecule has 0 radical (unpaired) electrons. The van der Waals surface area contributed by atoms with Crippen LogP contribution < -0.4 is 4.90 Å². The van der Waals surface area contributed by atoms with Gasteiger partial charge in [-0.2, -0.15) is 0 Å². The third-order valence-electron chi connectivity index (χ3n) is 6.30. The molecule has 0 saturated carbocycles. The van der Waals surface area contributed by atoms with E-state index in [2.05, 4.69) is 17.0 Å². The van der Waals surface area contributed by atoms with Crippen LogP contribution in [0.4, 0.5) is 14.5 Å². The number of halogens is 3. The number of carbonyl (C=O) groups is 1. The van der Waals surface area contributed by atoms with Crippen molar-refractivity contribution in [3.8, 4) is 0 Å². The minimum atomic E-state index is -1.33. The molecule has 0 bridgehead atoms. The van der Waals surface area contributed by atoms with Crippen LogP contribution in [-0.4, -0.2) is 58.3 Å². The van der Waals surface area contributed by atoms with E-state index in [9.17, 15) is 14.3 Å². The molecule has 1 aliphatic rings. The number of carboxylic acid groups (broad SMARTS) is 1. The second-order valence-electron chi connectivity index (χ2n) is 8.21. The molecule has 2 heterocycles. The number of para-hydroxylation sites is 1. The fourth-order valence-electron chi connectivity index (χ4n) is 4.60. The second kappa shape index (κ2) is 10.5. The minimum absolute atomic E-state index is 0. The number of hydrogen-bond acceptors (Lipinski definition) is 3. The topological polar surface area (TPSA) is 45.5 Å². The molecule has 4 aromatic rings. The number of aromatic carboxylic acids is 1. The van der Waals surface area contributed by atoms with Crippen LogP contribution in [0.3, 0.4) is 0 Å². The Bertz CT molecular complexity index is 1440. The van der Waals surface area contributed by atoms with Gasteiger partial charge in [-0.05, 0) is 49.2 Å². The van der Waals surface area contributed by atoms with E-state index in [1.165, 1.54) is 35.5 Å². The predicted octanol–water partition coefficient (Wildman–Crippen LogP) is 6.14. The molecule has 1 N–H and O–H groups in total. The first kappa shape index (κ1) is 26.0. The van der Waals surface area contributed by atoms with Crippen LogP contribution >= 0.6 is 23.4 Å². The van der Waals surface area contributed by atoms with Crippen molar-refractivity contribution in [2.24, 2.45) is 0 Å². The van der Waals surface area contributed by atoms with Crippen molar-refractivity contribution in [3.63, 3.8) is 0 Å². The Balaban J connectivity index is 0.00000289. The van der Waals surface area contributed by atoms with E-state index in [-0.39, 0.29) is 39.5 Å². The van der Waals surface area contributed by atoms with Gasteiger partial charge in [-0.1, -0.05) is 47.6 Å². The normalized spacial score (nSPS) is 12.6. The van der Waals surface area contributed by atoms with E-state index >= 15 is 4.39 Å². The van der Waals surface area contributed by atoms with Crippen molar-refractivity contribution in [2.45, 2.75) is 29.7 Å². The van der Waals surface area contributed by atoms with Crippen molar-refractivity contribution in [1.82, 2.24) is 4.57 Å². The van der Waals surface area contributed by atoms with Gasteiger partial charge in [0.2, 0.25) is 0 Å². The van der Waals surface area contributed by atoms with Gasteiger partial charge in [-0.3, -0.25) is 0 Å². The Morgan fingerprint density at radius 1 is 1.06 bits per heavy atom. The number of carboxylic acids is 1. The van der Waals surface area contributed by atoms with E-state index < -0.39 is 23.2 Å². The number of aromatic nitrogens is 1. The van der Waals surface area contributed by atoms with Gasteiger partial charge in [-0.25, -0.2) is 13.6 Å². The molecular formula is C26H22ClF2N2NaO2S. The van der Waals surface area contributed by atoms with E-state index in [0.717, 1.165) is 30.4 Å². The Morgan fingerprint density at radius 2 is 1.83 bits per heavy atom. The van der Waals surface area contributed by atoms with Gasteiger partial charge >= 0.3 is 35.5 Å². The Labute approximate surface area is 233 Å². The molecule has 0 aliphatic carbocycles. The molecule has 0 saturated heterocycles. The van der Waals surface area contributed by atoms with Crippen LogP contribution in [-0.2, 0) is 13.0 Å². The molecule has 0 fully saturated rings. The second-order valence-corrected chi connectivity index (χ2v) is 9.67. The summed E-state index contributed by atoms with van der Waals surface area (Å²) in [5.74, 6) is -2.65. The van der Waals surface area contributed by atoms with Crippen molar-refractivity contribution < 1.29 is 18.7 Å². The zero-order valence-electron chi connectivity index (χ0n) is 18.3. The monoisotopic (exact) mass is 522 g/mol. The molecule has 176 valence electrons. The van der Waals surface area contributed by atoms with Crippen molar-refractivity contribution in [3.05, 3.63) is 88.1 Å². The molecule has 0 atom stereocenters. The molecule has 3 aromatic carbocycles. The number of nitrogens with zero attached hydrogens (tertiary/aromatic N) is 2. The first-order chi connectivity index (χ1) is 16.4. The predicted molar refractivity (Wildman–Crippen MR) is 139 cm³/mol. The first-order valence-corrected chi connectivity index (χ1v) is 12.1. The number of benzene rings is 3.